The van der Waals surface area contributed by atoms with Crippen LogP contribution >= 0.6 is 23.2 Å². The predicted octanol–water partition coefficient (Wildman–Crippen LogP) is 3.22. The predicted molar refractivity (Wildman–Crippen MR) is 76.3 cm³/mol. The molecule has 0 rings (SSSR count). The van der Waals surface area contributed by atoms with Crippen LogP contribution in [-0.2, 0) is 9.59 Å². The first-order chi connectivity index (χ1) is 9.16. The van der Waals surface area contributed by atoms with Gasteiger partial charge in [0.1, 0.15) is 5.54 Å². The average Bonchev–Trinajstić information content (AvgIpc) is 2.41. The average molecular weight is 319 g/mol. The van der Waals surface area contributed by atoms with E-state index in [-0.39, 0.29) is 25.7 Å². The number of hydrogen-bond acceptors (Lipinski definition) is 6. The minimum Gasteiger partial charge on any atom is -0.310 e. The fourth-order valence-electron chi connectivity index (χ4n) is 1.20. The molecule has 8 heteroatoms. The number of nitrogens with zero attached hydrogens (tertiary/aromatic N) is 3. The number of halogens is 2. The van der Waals surface area contributed by atoms with Gasteiger partial charge < -0.3 is 5.41 Å². The third-order valence-electron chi connectivity index (χ3n) is 2.69. The molecule has 0 saturated carbocycles. The van der Waals surface area contributed by atoms with Crippen LogP contribution in [0.2, 0.25) is 0 Å². The molecule has 0 heterocycles. The van der Waals surface area contributed by atoms with Crippen molar-refractivity contribution in [3.63, 3.8) is 0 Å². The first-order valence-corrected chi connectivity index (χ1v) is 6.65. The quantitative estimate of drug-likeness (QED) is 0.400. The summed E-state index contributed by atoms with van der Waals surface area (Å²) in [6.45, 7) is 3.13. The van der Waals surface area contributed by atoms with Gasteiger partial charge >= 0.3 is 0 Å². The molecular formula is C12H16Cl2N4O2. The Morgan fingerprint density at radius 1 is 1.20 bits per heavy atom. The molecule has 0 fully saturated rings. The van der Waals surface area contributed by atoms with Gasteiger partial charge in [0.05, 0.1) is 6.07 Å². The van der Waals surface area contributed by atoms with Crippen LogP contribution in [0.4, 0.5) is 0 Å². The molecule has 0 aliphatic heterocycles. The van der Waals surface area contributed by atoms with Gasteiger partial charge in [-0.05, 0) is 49.9 Å². The van der Waals surface area contributed by atoms with E-state index in [9.17, 15) is 9.59 Å². The molecule has 0 aromatic rings. The highest BCUT2D eigenvalue weighted by atomic mass is 35.5. The van der Waals surface area contributed by atoms with E-state index in [0.717, 1.165) is 6.21 Å². The van der Waals surface area contributed by atoms with Crippen LogP contribution in [0.3, 0.4) is 0 Å². The van der Waals surface area contributed by atoms with Crippen molar-refractivity contribution in [2.45, 2.75) is 50.6 Å². The van der Waals surface area contributed by atoms with Crippen LogP contribution in [0.15, 0.2) is 10.2 Å². The Kier molecular flexibility index (Phi) is 7.54. The van der Waals surface area contributed by atoms with Crippen molar-refractivity contribution in [1.29, 1.82) is 10.7 Å². The van der Waals surface area contributed by atoms with Gasteiger partial charge in [-0.25, -0.2) is 0 Å². The Hall–Kier alpha value is -1.32. The lowest BCUT2D eigenvalue weighted by molar-refractivity contribution is -0.112. The van der Waals surface area contributed by atoms with E-state index in [1.807, 2.05) is 6.07 Å². The Labute approximate surface area is 127 Å². The number of azo groups is 1. The minimum atomic E-state index is -1.19. The second-order valence-electron chi connectivity index (χ2n) is 4.80. The zero-order valence-corrected chi connectivity index (χ0v) is 12.8. The Bertz CT molecular complexity index is 461. The van der Waals surface area contributed by atoms with Crippen LogP contribution in [-0.4, -0.2) is 27.8 Å². The highest BCUT2D eigenvalue weighted by Crippen LogP contribution is 2.23. The number of carbonyl (C=O) groups excluding carboxylic acids is 2. The van der Waals surface area contributed by atoms with Crippen molar-refractivity contribution in [3.8, 4) is 6.07 Å². The zero-order valence-electron chi connectivity index (χ0n) is 11.3. The fourth-order valence-corrected chi connectivity index (χ4v) is 1.39. The van der Waals surface area contributed by atoms with Crippen LogP contribution < -0.4 is 0 Å². The maximum Gasteiger partial charge on any atom is 0.221 e. The van der Waals surface area contributed by atoms with Crippen molar-refractivity contribution in [3.05, 3.63) is 0 Å². The summed E-state index contributed by atoms with van der Waals surface area (Å²) in [5, 5.41) is 23.2. The van der Waals surface area contributed by atoms with Gasteiger partial charge in [0.25, 0.3) is 0 Å². The van der Waals surface area contributed by atoms with Crippen molar-refractivity contribution in [2.75, 3.05) is 0 Å². The molecular weight excluding hydrogens is 303 g/mol. The summed E-state index contributed by atoms with van der Waals surface area (Å²) < 4.78 is 0. The van der Waals surface area contributed by atoms with Crippen LogP contribution in [0.5, 0.6) is 0 Å². The van der Waals surface area contributed by atoms with Gasteiger partial charge in [-0.3, -0.25) is 9.59 Å². The molecule has 0 saturated heterocycles. The minimum absolute atomic E-state index is 0.00606. The Morgan fingerprint density at radius 2 is 1.70 bits per heavy atom. The zero-order chi connectivity index (χ0) is 15.8. The number of nitriles is 1. The summed E-state index contributed by atoms with van der Waals surface area (Å²) in [6, 6.07) is 1.96. The second kappa shape index (κ2) is 8.08. The Morgan fingerprint density at radius 3 is 2.10 bits per heavy atom. The Balaban J connectivity index is 4.90. The lowest BCUT2D eigenvalue weighted by Crippen LogP contribution is -2.27. The third kappa shape index (κ3) is 7.31. The fraction of sp³-hybridized carbons (Fsp3) is 0.667. The molecule has 110 valence electrons. The normalized spacial score (nSPS) is 16.9. The van der Waals surface area contributed by atoms with Crippen LogP contribution in [0.1, 0.15) is 39.5 Å². The monoisotopic (exact) mass is 318 g/mol. The van der Waals surface area contributed by atoms with E-state index in [4.69, 9.17) is 33.9 Å². The van der Waals surface area contributed by atoms with Crippen molar-refractivity contribution >= 4 is 39.9 Å². The maximum absolute atomic E-state index is 10.8. The molecule has 0 aromatic carbocycles. The summed E-state index contributed by atoms with van der Waals surface area (Å²) >= 11 is 10.5. The van der Waals surface area contributed by atoms with Gasteiger partial charge in [-0.2, -0.15) is 15.5 Å². The van der Waals surface area contributed by atoms with Crippen LogP contribution in [0.25, 0.3) is 0 Å². The number of rotatable bonds is 9. The van der Waals surface area contributed by atoms with Crippen molar-refractivity contribution in [2.24, 2.45) is 10.2 Å². The van der Waals surface area contributed by atoms with Gasteiger partial charge in [-0.15, -0.1) is 0 Å². The molecule has 1 N–H and O–H groups in total. The van der Waals surface area contributed by atoms with E-state index in [0.29, 0.717) is 0 Å². The van der Waals surface area contributed by atoms with E-state index in [2.05, 4.69) is 10.2 Å². The lowest BCUT2D eigenvalue weighted by atomic mass is 9.98. The van der Waals surface area contributed by atoms with Crippen LogP contribution in [0, 0.1) is 16.7 Å². The first-order valence-electron chi connectivity index (χ1n) is 5.90. The summed E-state index contributed by atoms with van der Waals surface area (Å²) in [6.07, 6.45) is 1.46. The van der Waals surface area contributed by atoms with Gasteiger partial charge in [0.15, 0.2) is 5.54 Å². The SMILES string of the molecule is CC(C#N)(CCC(=O)Cl)/N=N\C(C)(C=N)CCC(=O)Cl. The highest BCUT2D eigenvalue weighted by Gasteiger charge is 2.27. The van der Waals surface area contributed by atoms with E-state index < -0.39 is 21.6 Å². The summed E-state index contributed by atoms with van der Waals surface area (Å²) in [4.78, 5) is 21.5. The number of hydrogen-bond donors (Lipinski definition) is 1. The van der Waals surface area contributed by atoms with Gasteiger partial charge in [-0.1, -0.05) is 0 Å². The summed E-state index contributed by atoms with van der Waals surface area (Å²) in [5.41, 5.74) is -2.20. The molecule has 0 amide bonds. The molecule has 2 atom stereocenters. The molecule has 0 radical (unpaired) electrons. The second-order valence-corrected chi connectivity index (χ2v) is 5.64. The van der Waals surface area contributed by atoms with E-state index in [1.54, 1.807) is 6.92 Å². The third-order valence-corrected chi connectivity index (χ3v) is 3.06. The van der Waals surface area contributed by atoms with E-state index >= 15 is 0 Å². The number of nitrogens with one attached hydrogen (secondary N) is 1. The van der Waals surface area contributed by atoms with Gasteiger partial charge in [0, 0.05) is 19.1 Å². The molecule has 2 unspecified atom stereocenters. The molecule has 0 bridgehead atoms. The summed E-state index contributed by atoms with van der Waals surface area (Å²) in [5.74, 6) is 0. The first kappa shape index (κ1) is 18.7. The maximum atomic E-state index is 10.8. The topological polar surface area (TPSA) is 106 Å². The number of carbonyl (C=O) groups is 2. The molecule has 20 heavy (non-hydrogen) atoms. The van der Waals surface area contributed by atoms with Crippen molar-refractivity contribution < 1.29 is 9.59 Å². The highest BCUT2D eigenvalue weighted by molar-refractivity contribution is 6.63. The molecule has 0 spiro atoms. The summed E-state index contributed by atoms with van der Waals surface area (Å²) in [7, 11) is 0. The standard InChI is InChI=1S/C12H16Cl2N4O2/c1-11(7-15,5-3-9(13)19)17-18-12(2,8-16)6-4-10(14)20/h7,15H,3-6H2,1-2H3/b15-7?,18-17-. The van der Waals surface area contributed by atoms with Gasteiger partial charge in [0.2, 0.25) is 10.5 Å². The van der Waals surface area contributed by atoms with Crippen molar-refractivity contribution in [1.82, 2.24) is 0 Å². The lowest BCUT2D eigenvalue weighted by Gasteiger charge is -2.20. The molecule has 6 nitrogen and oxygen atoms in total. The molecule has 0 aliphatic carbocycles. The molecule has 0 aliphatic rings. The largest absolute Gasteiger partial charge is 0.310 e. The van der Waals surface area contributed by atoms with E-state index in [1.165, 1.54) is 6.92 Å². The smallest absolute Gasteiger partial charge is 0.221 e. The molecule has 0 aromatic heterocycles.